The van der Waals surface area contributed by atoms with Gasteiger partial charge in [0, 0.05) is 50.7 Å². The second-order valence-corrected chi connectivity index (χ2v) is 8.90. The first-order valence-corrected chi connectivity index (χ1v) is 11.9. The molecule has 0 amide bonds. The van der Waals surface area contributed by atoms with E-state index in [1.54, 1.807) is 23.6 Å². The molecular weight excluding hydrogens is 463 g/mol. The minimum absolute atomic E-state index is 0.277. The summed E-state index contributed by atoms with van der Waals surface area (Å²) in [6.45, 7) is 3.70. The third-order valence-electron chi connectivity index (χ3n) is 6.75. The number of aromatic nitrogens is 5. The molecule has 0 spiro atoms. The van der Waals surface area contributed by atoms with Gasteiger partial charge >= 0.3 is 5.69 Å². The molecule has 1 aliphatic heterocycles. The first kappa shape index (κ1) is 22.4. The van der Waals surface area contributed by atoms with Crippen molar-refractivity contribution in [3.63, 3.8) is 0 Å². The smallest absolute Gasteiger partial charge is 0.332 e. The number of fused-ring (bicyclic) bond motifs is 3. The first-order valence-electron chi connectivity index (χ1n) is 11.9. The van der Waals surface area contributed by atoms with Crippen molar-refractivity contribution >= 4 is 16.9 Å². The number of morpholine rings is 1. The van der Waals surface area contributed by atoms with Crippen LogP contribution in [-0.2, 0) is 18.3 Å². The van der Waals surface area contributed by atoms with Crippen LogP contribution in [0.2, 0.25) is 0 Å². The molecule has 184 valence electrons. The SMILES string of the molecule is Cn1c(=O)n(CCN2CCOCC2)c(=O)c2c1nc1n(-c3ccc(F)cc3)c(-c3ccccc3)cn21. The van der Waals surface area contributed by atoms with Crippen molar-refractivity contribution in [2.75, 3.05) is 32.8 Å². The van der Waals surface area contributed by atoms with Crippen LogP contribution in [0.3, 0.4) is 0 Å². The van der Waals surface area contributed by atoms with Gasteiger partial charge in [-0.3, -0.25) is 27.8 Å². The number of aryl methyl sites for hydroxylation is 1. The minimum Gasteiger partial charge on any atom is -0.379 e. The molecule has 0 aliphatic carbocycles. The summed E-state index contributed by atoms with van der Waals surface area (Å²) in [5.41, 5.74) is 2.24. The largest absolute Gasteiger partial charge is 0.379 e. The van der Waals surface area contributed by atoms with E-state index < -0.39 is 5.69 Å². The molecule has 4 heterocycles. The summed E-state index contributed by atoms with van der Waals surface area (Å²) < 4.78 is 25.4. The Bertz CT molecular complexity index is 1680. The van der Waals surface area contributed by atoms with E-state index in [-0.39, 0.29) is 17.9 Å². The average Bonchev–Trinajstić information content (AvgIpc) is 3.46. The number of hydrogen-bond acceptors (Lipinski definition) is 5. The monoisotopic (exact) mass is 488 g/mol. The predicted molar refractivity (Wildman–Crippen MR) is 134 cm³/mol. The predicted octanol–water partition coefficient (Wildman–Crippen LogP) is 2.28. The molecule has 0 atom stereocenters. The molecule has 0 radical (unpaired) electrons. The lowest BCUT2D eigenvalue weighted by Gasteiger charge is -2.26. The maximum atomic E-state index is 13.7. The van der Waals surface area contributed by atoms with Crippen molar-refractivity contribution < 1.29 is 9.13 Å². The van der Waals surface area contributed by atoms with Crippen LogP contribution in [0.5, 0.6) is 0 Å². The highest BCUT2D eigenvalue weighted by Gasteiger charge is 2.23. The maximum Gasteiger partial charge on any atom is 0.332 e. The van der Waals surface area contributed by atoms with E-state index in [1.165, 1.54) is 21.3 Å². The van der Waals surface area contributed by atoms with Crippen molar-refractivity contribution in [2.24, 2.45) is 7.05 Å². The Morgan fingerprint density at radius 1 is 0.972 bits per heavy atom. The lowest BCUT2D eigenvalue weighted by atomic mass is 10.1. The molecule has 6 rings (SSSR count). The standard InChI is InChI=1S/C26H25FN6O3/c1-29-23-22(24(34)31(26(29)35)12-11-30-13-15-36-16-14-30)32-17-21(18-5-3-2-4-6-18)33(25(32)28-23)20-9-7-19(27)8-10-20/h2-10,17H,11-16H2,1H3. The Balaban J connectivity index is 1.57. The highest BCUT2D eigenvalue weighted by molar-refractivity contribution is 5.79. The number of benzene rings is 2. The zero-order valence-electron chi connectivity index (χ0n) is 19.8. The van der Waals surface area contributed by atoms with Crippen LogP contribution in [0.25, 0.3) is 33.9 Å². The fourth-order valence-electron chi connectivity index (χ4n) is 4.82. The lowest BCUT2D eigenvalue weighted by Crippen LogP contribution is -2.44. The fourth-order valence-corrected chi connectivity index (χ4v) is 4.82. The zero-order chi connectivity index (χ0) is 24.8. The molecule has 1 saturated heterocycles. The van der Waals surface area contributed by atoms with Crippen LogP contribution in [0.15, 0.2) is 70.4 Å². The third kappa shape index (κ3) is 3.66. The van der Waals surface area contributed by atoms with Crippen LogP contribution >= 0.6 is 0 Å². The number of halogens is 1. The van der Waals surface area contributed by atoms with Gasteiger partial charge in [-0.15, -0.1) is 0 Å². The average molecular weight is 489 g/mol. The van der Waals surface area contributed by atoms with Crippen molar-refractivity contribution in [3.05, 3.63) is 87.4 Å². The van der Waals surface area contributed by atoms with Gasteiger partial charge in [0.05, 0.1) is 18.9 Å². The summed E-state index contributed by atoms with van der Waals surface area (Å²) in [7, 11) is 1.63. The topological polar surface area (TPSA) is 78.7 Å². The molecule has 1 fully saturated rings. The van der Waals surface area contributed by atoms with Crippen molar-refractivity contribution in [3.8, 4) is 16.9 Å². The van der Waals surface area contributed by atoms with E-state index in [4.69, 9.17) is 9.72 Å². The molecule has 0 bridgehead atoms. The number of nitrogens with zero attached hydrogens (tertiary/aromatic N) is 6. The molecule has 0 saturated carbocycles. The highest BCUT2D eigenvalue weighted by Crippen LogP contribution is 2.28. The second-order valence-electron chi connectivity index (χ2n) is 8.90. The summed E-state index contributed by atoms with van der Waals surface area (Å²) >= 11 is 0. The third-order valence-corrected chi connectivity index (χ3v) is 6.75. The summed E-state index contributed by atoms with van der Waals surface area (Å²) in [5, 5.41) is 0. The highest BCUT2D eigenvalue weighted by atomic mass is 19.1. The van der Waals surface area contributed by atoms with Gasteiger partial charge in [0.2, 0.25) is 5.78 Å². The Morgan fingerprint density at radius 3 is 2.42 bits per heavy atom. The van der Waals surface area contributed by atoms with Gasteiger partial charge < -0.3 is 4.74 Å². The zero-order valence-corrected chi connectivity index (χ0v) is 19.8. The van der Waals surface area contributed by atoms with E-state index >= 15 is 0 Å². The fraction of sp³-hybridized carbons (Fsp3) is 0.269. The molecule has 5 aromatic rings. The van der Waals surface area contributed by atoms with E-state index in [1.807, 2.05) is 41.1 Å². The van der Waals surface area contributed by atoms with Gasteiger partial charge in [0.1, 0.15) is 5.82 Å². The molecule has 9 nitrogen and oxygen atoms in total. The lowest BCUT2D eigenvalue weighted by molar-refractivity contribution is 0.0361. The first-order chi connectivity index (χ1) is 17.5. The van der Waals surface area contributed by atoms with Crippen LogP contribution < -0.4 is 11.2 Å². The summed E-state index contributed by atoms with van der Waals surface area (Å²) in [5.74, 6) is 0.121. The Morgan fingerprint density at radius 2 is 1.69 bits per heavy atom. The Hall–Kier alpha value is -4.02. The molecule has 10 heteroatoms. The van der Waals surface area contributed by atoms with Crippen molar-refractivity contribution in [1.82, 2.24) is 28.0 Å². The summed E-state index contributed by atoms with van der Waals surface area (Å²) in [4.78, 5) is 33.7. The number of rotatable bonds is 5. The number of imidazole rings is 2. The molecule has 0 N–H and O–H groups in total. The van der Waals surface area contributed by atoms with Crippen LogP contribution in [0.1, 0.15) is 0 Å². The molecule has 3 aromatic heterocycles. The Kier molecular flexibility index (Phi) is 5.54. The quantitative estimate of drug-likeness (QED) is 0.379. The van der Waals surface area contributed by atoms with E-state index in [9.17, 15) is 14.0 Å². The van der Waals surface area contributed by atoms with E-state index in [0.717, 1.165) is 24.3 Å². The van der Waals surface area contributed by atoms with Crippen LogP contribution in [-0.4, -0.2) is 60.8 Å². The van der Waals surface area contributed by atoms with Crippen LogP contribution in [0, 0.1) is 5.82 Å². The van der Waals surface area contributed by atoms with Gasteiger partial charge in [-0.25, -0.2) is 9.18 Å². The molecule has 36 heavy (non-hydrogen) atoms. The van der Waals surface area contributed by atoms with Crippen molar-refractivity contribution in [2.45, 2.75) is 6.54 Å². The maximum absolute atomic E-state index is 13.7. The van der Waals surface area contributed by atoms with Gasteiger partial charge in [-0.1, -0.05) is 30.3 Å². The molecule has 2 aromatic carbocycles. The van der Waals surface area contributed by atoms with Gasteiger partial charge in [-0.05, 0) is 24.3 Å². The van der Waals surface area contributed by atoms with E-state index in [0.29, 0.717) is 42.4 Å². The molecule has 0 unspecified atom stereocenters. The van der Waals surface area contributed by atoms with Gasteiger partial charge in [0.15, 0.2) is 11.2 Å². The van der Waals surface area contributed by atoms with Crippen molar-refractivity contribution in [1.29, 1.82) is 0 Å². The second kappa shape index (κ2) is 8.89. The molecule has 1 aliphatic rings. The van der Waals surface area contributed by atoms with Gasteiger partial charge in [0.25, 0.3) is 5.56 Å². The number of hydrogen-bond donors (Lipinski definition) is 0. The normalized spacial score (nSPS) is 14.7. The Labute approximate surface area is 205 Å². The van der Waals surface area contributed by atoms with E-state index in [2.05, 4.69) is 4.90 Å². The number of ether oxygens (including phenoxy) is 1. The molecular formula is C26H25FN6O3. The summed E-state index contributed by atoms with van der Waals surface area (Å²) in [6, 6.07) is 15.8. The summed E-state index contributed by atoms with van der Waals surface area (Å²) in [6.07, 6.45) is 1.85. The minimum atomic E-state index is -0.405. The van der Waals surface area contributed by atoms with Crippen LogP contribution in [0.4, 0.5) is 4.39 Å². The van der Waals surface area contributed by atoms with Gasteiger partial charge in [-0.2, -0.15) is 4.98 Å².